The number of carbonyl (C=O) groups excluding carboxylic acids is 2. The minimum absolute atomic E-state index is 0.0110. The van der Waals surface area contributed by atoms with Crippen LogP contribution >= 0.6 is 0 Å². The molecule has 13 heteroatoms. The quantitative estimate of drug-likeness (QED) is 0.159. The molecule has 5 N–H and O–H groups in total. The molecule has 1 aliphatic heterocycles. The summed E-state index contributed by atoms with van der Waals surface area (Å²) < 4.78 is 18.2. The van der Waals surface area contributed by atoms with Crippen molar-refractivity contribution in [1.82, 2.24) is 14.5 Å². The van der Waals surface area contributed by atoms with E-state index in [-0.39, 0.29) is 47.7 Å². The molecule has 2 aromatic carbocycles. The van der Waals surface area contributed by atoms with Crippen molar-refractivity contribution in [2.24, 2.45) is 0 Å². The van der Waals surface area contributed by atoms with Crippen molar-refractivity contribution in [3.63, 3.8) is 0 Å². The normalized spacial score (nSPS) is 20.0. The molecule has 1 aliphatic rings. The fourth-order valence-electron chi connectivity index (χ4n) is 4.83. The number of aromatic nitrogens is 3. The highest BCUT2D eigenvalue weighted by molar-refractivity contribution is 6.05. The highest BCUT2D eigenvalue weighted by atomic mass is 16.6. The van der Waals surface area contributed by atoms with Crippen molar-refractivity contribution >= 4 is 34.6 Å². The van der Waals surface area contributed by atoms with Crippen LogP contribution in [0.4, 0.5) is 5.69 Å². The van der Waals surface area contributed by atoms with Crippen LogP contribution in [0.25, 0.3) is 11.2 Å². The second-order valence-electron chi connectivity index (χ2n) is 9.68. The van der Waals surface area contributed by atoms with E-state index in [0.717, 1.165) is 0 Å². The number of nitrogens with two attached hydrogens (primary N) is 1. The SMILES string of the molecule is COC(=O)c1ccc(CCC(=O)c2ccccc2C(=O)O)cc1OC[C@H]1O[C@@H](n2cnc3c(N)ccnc32)[C@H](O)[C@@H]1O. The van der Waals surface area contributed by atoms with Crippen molar-refractivity contribution in [1.29, 1.82) is 0 Å². The lowest BCUT2D eigenvalue weighted by Gasteiger charge is -2.18. The van der Waals surface area contributed by atoms with Crippen LogP contribution in [0.2, 0.25) is 0 Å². The van der Waals surface area contributed by atoms with Gasteiger partial charge in [-0.15, -0.1) is 0 Å². The minimum atomic E-state index is -1.34. The predicted molar refractivity (Wildman–Crippen MR) is 147 cm³/mol. The molecule has 1 saturated heterocycles. The predicted octanol–water partition coefficient (Wildman–Crippen LogP) is 2.01. The Bertz CT molecular complexity index is 1650. The van der Waals surface area contributed by atoms with Gasteiger partial charge in [-0.3, -0.25) is 9.36 Å². The number of benzene rings is 2. The Balaban J connectivity index is 1.31. The Labute approximate surface area is 239 Å². The number of imidazole rings is 1. The maximum Gasteiger partial charge on any atom is 0.341 e. The molecular formula is C29H28N4O9. The third-order valence-electron chi connectivity index (χ3n) is 7.06. The van der Waals surface area contributed by atoms with E-state index >= 15 is 0 Å². The Morgan fingerprint density at radius 1 is 1.02 bits per heavy atom. The van der Waals surface area contributed by atoms with E-state index < -0.39 is 36.5 Å². The van der Waals surface area contributed by atoms with Gasteiger partial charge in [-0.25, -0.2) is 19.6 Å². The van der Waals surface area contributed by atoms with Crippen molar-refractivity contribution < 1.29 is 43.9 Å². The van der Waals surface area contributed by atoms with Crippen molar-refractivity contribution in [3.8, 4) is 5.75 Å². The number of anilines is 1. The van der Waals surface area contributed by atoms with Gasteiger partial charge in [-0.2, -0.15) is 0 Å². The van der Waals surface area contributed by atoms with Gasteiger partial charge < -0.3 is 35.3 Å². The molecule has 0 spiro atoms. The molecule has 0 saturated carbocycles. The highest BCUT2D eigenvalue weighted by Crippen LogP contribution is 2.33. The summed E-state index contributed by atoms with van der Waals surface area (Å²) in [4.78, 5) is 45.2. The van der Waals surface area contributed by atoms with E-state index in [2.05, 4.69) is 9.97 Å². The van der Waals surface area contributed by atoms with Crippen LogP contribution in [-0.4, -0.2) is 79.6 Å². The van der Waals surface area contributed by atoms with Gasteiger partial charge in [0.05, 0.1) is 24.7 Å². The average molecular weight is 577 g/mol. The van der Waals surface area contributed by atoms with E-state index in [0.29, 0.717) is 22.4 Å². The number of pyridine rings is 1. The lowest BCUT2D eigenvalue weighted by Crippen LogP contribution is -2.34. The third-order valence-corrected chi connectivity index (χ3v) is 7.06. The van der Waals surface area contributed by atoms with Gasteiger partial charge in [0.2, 0.25) is 0 Å². The number of aryl methyl sites for hydroxylation is 1. The van der Waals surface area contributed by atoms with E-state index in [1.807, 2.05) is 0 Å². The number of fused-ring (bicyclic) bond motifs is 1. The second-order valence-corrected chi connectivity index (χ2v) is 9.68. The summed E-state index contributed by atoms with van der Waals surface area (Å²) in [5.74, 6) is -2.09. The Hall–Kier alpha value is -4.85. The maximum absolute atomic E-state index is 12.8. The van der Waals surface area contributed by atoms with Crippen LogP contribution in [0.5, 0.6) is 5.75 Å². The number of aromatic carboxylic acids is 1. The number of nitrogens with zero attached hydrogens (tertiary/aromatic N) is 3. The van der Waals surface area contributed by atoms with Gasteiger partial charge in [-0.1, -0.05) is 24.3 Å². The Morgan fingerprint density at radius 2 is 1.79 bits per heavy atom. The average Bonchev–Trinajstić information content (AvgIpc) is 3.55. The molecule has 0 radical (unpaired) electrons. The zero-order chi connectivity index (χ0) is 30.0. The minimum Gasteiger partial charge on any atom is -0.490 e. The maximum atomic E-state index is 12.8. The number of hydrogen-bond donors (Lipinski definition) is 4. The van der Waals surface area contributed by atoms with Crippen LogP contribution in [0.1, 0.15) is 49.3 Å². The number of carbonyl (C=O) groups is 3. The van der Waals surface area contributed by atoms with E-state index in [1.54, 1.807) is 30.3 Å². The van der Waals surface area contributed by atoms with Crippen molar-refractivity contribution in [3.05, 3.63) is 83.3 Å². The molecular weight excluding hydrogens is 548 g/mol. The summed E-state index contributed by atoms with van der Waals surface area (Å²) in [5.41, 5.74) is 7.91. The summed E-state index contributed by atoms with van der Waals surface area (Å²) in [6.45, 7) is -0.241. The molecule has 3 heterocycles. The van der Waals surface area contributed by atoms with Crippen LogP contribution in [0, 0.1) is 0 Å². The zero-order valence-corrected chi connectivity index (χ0v) is 22.4. The van der Waals surface area contributed by atoms with E-state index in [4.69, 9.17) is 19.9 Å². The van der Waals surface area contributed by atoms with Crippen molar-refractivity contribution in [2.45, 2.75) is 37.4 Å². The summed E-state index contributed by atoms with van der Waals surface area (Å²) in [7, 11) is 1.22. The first-order valence-electron chi connectivity index (χ1n) is 13.0. The standard InChI is InChI=1S/C29H28N4O9/c1-40-29(39)18-8-6-15(7-9-20(34)16-4-2-3-5-17(16)28(37)38)12-21(18)41-13-22-24(35)25(36)27(42-22)33-14-32-23-19(30)10-11-31-26(23)33/h2-6,8,10-12,14,22,24-25,27,35-36H,7,9,13H2,1H3,(H2,30,31)(H,37,38)/t22-,24-,25-,27-/m1/s1. The number of methoxy groups -OCH3 is 1. The smallest absolute Gasteiger partial charge is 0.341 e. The van der Waals surface area contributed by atoms with Crippen LogP contribution in [0.15, 0.2) is 61.1 Å². The van der Waals surface area contributed by atoms with E-state index in [1.165, 1.54) is 42.4 Å². The molecule has 0 bridgehead atoms. The Morgan fingerprint density at radius 3 is 2.52 bits per heavy atom. The van der Waals surface area contributed by atoms with Crippen molar-refractivity contribution in [2.75, 3.05) is 19.5 Å². The monoisotopic (exact) mass is 576 g/mol. The first-order chi connectivity index (χ1) is 20.2. The number of ether oxygens (including phenoxy) is 3. The first-order valence-corrected chi connectivity index (χ1v) is 13.0. The molecule has 1 fully saturated rings. The number of carboxylic acid groups (broad SMARTS) is 1. The van der Waals surface area contributed by atoms with Gasteiger partial charge in [0.25, 0.3) is 0 Å². The second kappa shape index (κ2) is 11.9. The number of carboxylic acids is 1. The van der Waals surface area contributed by atoms with Gasteiger partial charge >= 0.3 is 11.9 Å². The van der Waals surface area contributed by atoms with Crippen LogP contribution < -0.4 is 10.5 Å². The number of esters is 1. The molecule has 0 aliphatic carbocycles. The van der Waals surface area contributed by atoms with Gasteiger partial charge in [0.15, 0.2) is 17.7 Å². The number of hydrogen-bond acceptors (Lipinski definition) is 11. The summed E-state index contributed by atoms with van der Waals surface area (Å²) in [6, 6.07) is 12.3. The molecule has 0 amide bonds. The molecule has 4 atom stereocenters. The lowest BCUT2D eigenvalue weighted by molar-refractivity contribution is -0.0475. The number of Topliss-reactive ketones (excluding diaryl/α,β-unsaturated/α-hetero) is 1. The molecule has 0 unspecified atom stereocenters. The lowest BCUT2D eigenvalue weighted by atomic mass is 9.98. The first kappa shape index (κ1) is 28.7. The van der Waals surface area contributed by atoms with Gasteiger partial charge in [0, 0.05) is 18.2 Å². The zero-order valence-electron chi connectivity index (χ0n) is 22.4. The third kappa shape index (κ3) is 5.52. The van der Waals surface area contributed by atoms with E-state index in [9.17, 15) is 29.7 Å². The summed E-state index contributed by atoms with van der Waals surface area (Å²) >= 11 is 0. The van der Waals surface area contributed by atoms with Crippen LogP contribution in [0.3, 0.4) is 0 Å². The molecule has 218 valence electrons. The largest absolute Gasteiger partial charge is 0.490 e. The molecule has 2 aromatic heterocycles. The fraction of sp³-hybridized carbons (Fsp3) is 0.276. The number of aliphatic hydroxyl groups is 2. The van der Waals surface area contributed by atoms with Gasteiger partial charge in [0.1, 0.15) is 41.7 Å². The Kier molecular flexibility index (Phi) is 8.15. The number of nitrogen functional groups attached to an aromatic ring is 1. The highest BCUT2D eigenvalue weighted by Gasteiger charge is 2.44. The molecule has 13 nitrogen and oxygen atoms in total. The molecule has 42 heavy (non-hydrogen) atoms. The van der Waals surface area contributed by atoms with Gasteiger partial charge in [-0.05, 0) is 36.2 Å². The summed E-state index contributed by atoms with van der Waals surface area (Å²) in [5, 5.41) is 30.8. The molecule has 4 aromatic rings. The number of aliphatic hydroxyl groups excluding tert-OH is 2. The fourth-order valence-corrected chi connectivity index (χ4v) is 4.83. The number of ketones is 1. The molecule has 5 rings (SSSR count). The summed E-state index contributed by atoms with van der Waals surface area (Å²) in [6.07, 6.45) is -1.56. The topological polar surface area (TPSA) is 196 Å². The number of rotatable bonds is 10. The van der Waals surface area contributed by atoms with Crippen LogP contribution in [-0.2, 0) is 15.9 Å².